The van der Waals surface area contributed by atoms with Gasteiger partial charge in [-0.25, -0.2) is 0 Å². The summed E-state index contributed by atoms with van der Waals surface area (Å²) < 4.78 is 36.6. The number of likely N-dealkylation sites (tertiary alicyclic amines) is 1. The van der Waals surface area contributed by atoms with Gasteiger partial charge in [-0.15, -0.1) is 0 Å². The van der Waals surface area contributed by atoms with E-state index in [0.29, 0.717) is 19.5 Å². The van der Waals surface area contributed by atoms with Crippen molar-refractivity contribution in [1.82, 2.24) is 10.2 Å². The lowest BCUT2D eigenvalue weighted by Gasteiger charge is -2.32. The number of halogens is 3. The third-order valence-electron chi connectivity index (χ3n) is 3.27. The van der Waals surface area contributed by atoms with Crippen molar-refractivity contribution in [3.8, 4) is 0 Å². The third kappa shape index (κ3) is 8.05. The minimum absolute atomic E-state index is 0.290. The second kappa shape index (κ2) is 7.69. The van der Waals surface area contributed by atoms with E-state index in [0.717, 1.165) is 32.2 Å². The quantitative estimate of drug-likeness (QED) is 0.691. The summed E-state index contributed by atoms with van der Waals surface area (Å²) >= 11 is 0. The molecule has 19 heavy (non-hydrogen) atoms. The van der Waals surface area contributed by atoms with Crippen molar-refractivity contribution in [2.45, 2.75) is 44.3 Å². The van der Waals surface area contributed by atoms with E-state index in [1.165, 1.54) is 4.90 Å². The summed E-state index contributed by atoms with van der Waals surface area (Å²) in [5.41, 5.74) is 5.03. The van der Waals surface area contributed by atoms with Crippen LogP contribution in [-0.2, 0) is 4.79 Å². The van der Waals surface area contributed by atoms with Crippen molar-refractivity contribution in [3.63, 3.8) is 0 Å². The molecule has 0 saturated carbocycles. The minimum Gasteiger partial charge on any atom is -0.370 e. The molecule has 0 atom stereocenters. The monoisotopic (exact) mass is 281 g/mol. The summed E-state index contributed by atoms with van der Waals surface area (Å²) in [4.78, 5) is 12.0. The van der Waals surface area contributed by atoms with Crippen LogP contribution in [0.1, 0.15) is 32.1 Å². The Morgan fingerprint density at radius 2 is 1.89 bits per heavy atom. The molecule has 7 heteroatoms. The van der Waals surface area contributed by atoms with Gasteiger partial charge in [0.05, 0.1) is 6.54 Å². The fourth-order valence-corrected chi connectivity index (χ4v) is 2.28. The van der Waals surface area contributed by atoms with Gasteiger partial charge in [0.15, 0.2) is 0 Å². The molecule has 1 aliphatic heterocycles. The number of carbonyl (C=O) groups excluding carboxylic acids is 1. The number of nitrogens with two attached hydrogens (primary N) is 1. The normalized spacial score (nSPS) is 18.7. The molecule has 0 aromatic rings. The number of carbonyl (C=O) groups is 1. The number of alkyl halides is 3. The van der Waals surface area contributed by atoms with E-state index >= 15 is 0 Å². The van der Waals surface area contributed by atoms with Crippen LogP contribution in [-0.4, -0.2) is 49.2 Å². The molecule has 0 aromatic carbocycles. The van der Waals surface area contributed by atoms with E-state index in [4.69, 9.17) is 5.73 Å². The average molecular weight is 281 g/mol. The number of nitrogens with one attached hydrogen (secondary N) is 1. The van der Waals surface area contributed by atoms with E-state index in [-0.39, 0.29) is 11.9 Å². The van der Waals surface area contributed by atoms with E-state index < -0.39 is 12.7 Å². The second-order valence-corrected chi connectivity index (χ2v) is 5.04. The maximum Gasteiger partial charge on any atom is 0.401 e. The van der Waals surface area contributed by atoms with Gasteiger partial charge in [-0.2, -0.15) is 13.2 Å². The van der Waals surface area contributed by atoms with Crippen molar-refractivity contribution >= 4 is 5.91 Å². The maximum absolute atomic E-state index is 12.2. The Morgan fingerprint density at radius 1 is 1.26 bits per heavy atom. The number of piperidine rings is 1. The van der Waals surface area contributed by atoms with Gasteiger partial charge in [0.1, 0.15) is 0 Å². The number of amides is 1. The fraction of sp³-hybridized carbons (Fsp3) is 0.917. The molecule has 0 unspecified atom stereocenters. The minimum atomic E-state index is -4.10. The standard InChI is InChI=1S/C12H22F3N3O/c13-12(14,15)9-18-7-4-10(5-8-18)17-6-2-1-3-11(16)19/h10,17H,1-9H2,(H2,16,19). The van der Waals surface area contributed by atoms with Crippen molar-refractivity contribution in [3.05, 3.63) is 0 Å². The van der Waals surface area contributed by atoms with Gasteiger partial charge in [-0.05, 0) is 45.3 Å². The molecule has 1 aliphatic rings. The van der Waals surface area contributed by atoms with Crippen LogP contribution in [0.15, 0.2) is 0 Å². The number of hydrogen-bond acceptors (Lipinski definition) is 3. The van der Waals surface area contributed by atoms with Crippen LogP contribution in [0, 0.1) is 0 Å². The van der Waals surface area contributed by atoms with Crippen LogP contribution in [0.4, 0.5) is 13.2 Å². The molecular weight excluding hydrogens is 259 g/mol. The van der Waals surface area contributed by atoms with Crippen LogP contribution in [0.5, 0.6) is 0 Å². The Balaban J connectivity index is 2.05. The lowest BCUT2D eigenvalue weighted by Crippen LogP contribution is -2.45. The molecule has 3 N–H and O–H groups in total. The molecule has 4 nitrogen and oxygen atoms in total. The zero-order chi connectivity index (χ0) is 14.3. The number of primary amides is 1. The molecule has 0 bridgehead atoms. The van der Waals surface area contributed by atoms with E-state index in [1.54, 1.807) is 0 Å². The zero-order valence-corrected chi connectivity index (χ0v) is 11.0. The molecule has 1 saturated heterocycles. The van der Waals surface area contributed by atoms with Gasteiger partial charge in [0.25, 0.3) is 0 Å². The molecular formula is C12H22F3N3O. The Morgan fingerprint density at radius 3 is 2.42 bits per heavy atom. The van der Waals surface area contributed by atoms with Gasteiger partial charge < -0.3 is 11.1 Å². The Bertz CT molecular complexity index is 276. The van der Waals surface area contributed by atoms with Crippen molar-refractivity contribution in [1.29, 1.82) is 0 Å². The Kier molecular flexibility index (Phi) is 6.57. The van der Waals surface area contributed by atoms with Crippen molar-refractivity contribution in [2.24, 2.45) is 5.73 Å². The largest absolute Gasteiger partial charge is 0.401 e. The number of nitrogens with zero attached hydrogens (tertiary/aromatic N) is 1. The summed E-state index contributed by atoms with van der Waals surface area (Å²) in [6.07, 6.45) is -0.598. The highest BCUT2D eigenvalue weighted by Gasteiger charge is 2.32. The van der Waals surface area contributed by atoms with Crippen molar-refractivity contribution in [2.75, 3.05) is 26.2 Å². The number of hydrogen-bond donors (Lipinski definition) is 2. The van der Waals surface area contributed by atoms with Crippen LogP contribution >= 0.6 is 0 Å². The number of rotatable bonds is 7. The second-order valence-electron chi connectivity index (χ2n) is 5.04. The van der Waals surface area contributed by atoms with Crippen LogP contribution < -0.4 is 11.1 Å². The highest BCUT2D eigenvalue weighted by molar-refractivity contribution is 5.73. The molecule has 0 aromatic heterocycles. The van der Waals surface area contributed by atoms with Crippen LogP contribution in [0.2, 0.25) is 0 Å². The molecule has 0 spiro atoms. The first kappa shape index (κ1) is 16.2. The lowest BCUT2D eigenvalue weighted by atomic mass is 10.0. The van der Waals surface area contributed by atoms with Gasteiger partial charge in [-0.3, -0.25) is 9.69 Å². The first-order valence-corrected chi connectivity index (χ1v) is 6.67. The van der Waals surface area contributed by atoms with E-state index in [9.17, 15) is 18.0 Å². The molecule has 1 fully saturated rings. The van der Waals surface area contributed by atoms with Crippen LogP contribution in [0.25, 0.3) is 0 Å². The predicted octanol–water partition coefficient (Wildman–Crippen LogP) is 1.26. The summed E-state index contributed by atoms with van der Waals surface area (Å²) in [7, 11) is 0. The van der Waals surface area contributed by atoms with E-state index in [1.807, 2.05) is 0 Å². The molecule has 0 aliphatic carbocycles. The highest BCUT2D eigenvalue weighted by atomic mass is 19.4. The fourth-order valence-electron chi connectivity index (χ4n) is 2.28. The van der Waals surface area contributed by atoms with E-state index in [2.05, 4.69) is 5.32 Å². The predicted molar refractivity (Wildman–Crippen MR) is 66.6 cm³/mol. The summed E-state index contributed by atoms with van der Waals surface area (Å²) in [6, 6.07) is 0.290. The molecule has 1 amide bonds. The number of unbranched alkanes of at least 4 members (excludes halogenated alkanes) is 1. The molecule has 1 heterocycles. The summed E-state index contributed by atoms with van der Waals surface area (Å²) in [5.74, 6) is -0.291. The smallest absolute Gasteiger partial charge is 0.370 e. The topological polar surface area (TPSA) is 58.4 Å². The first-order valence-electron chi connectivity index (χ1n) is 6.67. The third-order valence-corrected chi connectivity index (χ3v) is 3.27. The molecule has 0 radical (unpaired) electrons. The highest BCUT2D eigenvalue weighted by Crippen LogP contribution is 2.19. The molecule has 1 rings (SSSR count). The average Bonchev–Trinajstić information content (AvgIpc) is 2.28. The maximum atomic E-state index is 12.2. The Labute approximate surface area is 111 Å². The van der Waals surface area contributed by atoms with Crippen LogP contribution in [0.3, 0.4) is 0 Å². The van der Waals surface area contributed by atoms with Gasteiger partial charge >= 0.3 is 6.18 Å². The first-order chi connectivity index (χ1) is 8.87. The van der Waals surface area contributed by atoms with Gasteiger partial charge in [0.2, 0.25) is 5.91 Å². The lowest BCUT2D eigenvalue weighted by molar-refractivity contribution is -0.148. The summed E-state index contributed by atoms with van der Waals surface area (Å²) in [5, 5.41) is 3.32. The molecule has 112 valence electrons. The van der Waals surface area contributed by atoms with Gasteiger partial charge in [0, 0.05) is 12.5 Å². The summed E-state index contributed by atoms with van der Waals surface area (Å²) in [6.45, 7) is 0.951. The van der Waals surface area contributed by atoms with Gasteiger partial charge in [-0.1, -0.05) is 0 Å². The van der Waals surface area contributed by atoms with Crippen molar-refractivity contribution < 1.29 is 18.0 Å². The zero-order valence-electron chi connectivity index (χ0n) is 11.0. The SMILES string of the molecule is NC(=O)CCCCNC1CCN(CC(F)(F)F)CC1. The Hall–Kier alpha value is -0.820.